The molecule has 1 aromatic rings. The van der Waals surface area contributed by atoms with E-state index in [1.165, 1.54) is 0 Å². The van der Waals surface area contributed by atoms with Crippen LogP contribution in [0.5, 0.6) is 5.75 Å². The van der Waals surface area contributed by atoms with Crippen molar-refractivity contribution in [2.75, 3.05) is 19.8 Å². The molecule has 0 radical (unpaired) electrons. The fraction of sp³-hybridized carbons (Fsp3) is 0.417. The third-order valence-corrected chi connectivity index (χ3v) is 2.84. The summed E-state index contributed by atoms with van der Waals surface area (Å²) in [5.41, 5.74) is 0.668. The third-order valence-electron chi connectivity index (χ3n) is 2.84. The molecule has 0 bridgehead atoms. The summed E-state index contributed by atoms with van der Waals surface area (Å²) in [5.74, 6) is -0.0120. The van der Waals surface area contributed by atoms with Gasteiger partial charge in [0.2, 0.25) is 5.91 Å². The van der Waals surface area contributed by atoms with Crippen LogP contribution in [-0.2, 0) is 16.1 Å². The van der Waals surface area contributed by atoms with Gasteiger partial charge in [0, 0.05) is 12.1 Å². The lowest BCUT2D eigenvalue weighted by Crippen LogP contribution is -2.50. The maximum atomic E-state index is 11.7. The molecule has 0 aliphatic carbocycles. The Morgan fingerprint density at radius 3 is 2.88 bits per heavy atom. The average Bonchev–Trinajstić information content (AvgIpc) is 2.34. The molecule has 92 valence electrons. The quantitative estimate of drug-likeness (QED) is 0.783. The second kappa shape index (κ2) is 5.16. The smallest absolute Gasteiger partial charge is 0.249 e. The molecule has 1 aliphatic heterocycles. The zero-order valence-corrected chi connectivity index (χ0v) is 9.37. The number of morpholine rings is 1. The Morgan fingerprint density at radius 2 is 2.18 bits per heavy atom. The van der Waals surface area contributed by atoms with Gasteiger partial charge in [-0.05, 0) is 6.07 Å². The molecule has 1 heterocycles. The van der Waals surface area contributed by atoms with Crippen LogP contribution in [0.1, 0.15) is 5.56 Å². The molecule has 1 unspecified atom stereocenters. The van der Waals surface area contributed by atoms with Crippen molar-refractivity contribution in [1.29, 1.82) is 0 Å². The van der Waals surface area contributed by atoms with Crippen LogP contribution in [0.3, 0.4) is 0 Å². The molecule has 1 aromatic carbocycles. The summed E-state index contributed by atoms with van der Waals surface area (Å²) in [7, 11) is 0. The number of benzene rings is 1. The highest BCUT2D eigenvalue weighted by Gasteiger charge is 2.28. The average molecular weight is 237 g/mol. The Hall–Kier alpha value is -1.59. The first kappa shape index (κ1) is 11.9. The van der Waals surface area contributed by atoms with Crippen LogP contribution in [0.25, 0.3) is 0 Å². The Balaban J connectivity index is 2.15. The molecule has 5 heteroatoms. The molecule has 0 aromatic heterocycles. The van der Waals surface area contributed by atoms with Gasteiger partial charge < -0.3 is 19.8 Å². The van der Waals surface area contributed by atoms with Gasteiger partial charge in [0.05, 0.1) is 19.3 Å². The van der Waals surface area contributed by atoms with Crippen molar-refractivity contribution >= 4 is 5.91 Å². The van der Waals surface area contributed by atoms with E-state index in [2.05, 4.69) is 0 Å². The molecule has 2 rings (SSSR count). The Morgan fingerprint density at radius 1 is 1.41 bits per heavy atom. The van der Waals surface area contributed by atoms with Crippen molar-refractivity contribution in [2.45, 2.75) is 12.6 Å². The first-order chi connectivity index (χ1) is 8.22. The Labute approximate surface area is 99.2 Å². The highest BCUT2D eigenvalue weighted by Crippen LogP contribution is 2.20. The van der Waals surface area contributed by atoms with Gasteiger partial charge in [0.25, 0.3) is 0 Å². The van der Waals surface area contributed by atoms with Crippen LogP contribution >= 0.6 is 0 Å². The molecule has 17 heavy (non-hydrogen) atoms. The molecular formula is C12H15NO4. The second-order valence-corrected chi connectivity index (χ2v) is 4.00. The SMILES string of the molecule is O=C1COCC(CO)N1Cc1ccccc1O. The highest BCUT2D eigenvalue weighted by molar-refractivity contribution is 5.78. The summed E-state index contributed by atoms with van der Waals surface area (Å²) in [6, 6.07) is 6.52. The number of para-hydroxylation sites is 1. The van der Waals surface area contributed by atoms with Gasteiger partial charge in [-0.25, -0.2) is 0 Å². The minimum absolute atomic E-state index is 0.0318. The number of carbonyl (C=O) groups excluding carboxylic acids is 1. The van der Waals surface area contributed by atoms with Crippen LogP contribution in [0.4, 0.5) is 0 Å². The molecule has 5 nitrogen and oxygen atoms in total. The normalized spacial score (nSPS) is 20.6. The monoisotopic (exact) mass is 237 g/mol. The summed E-state index contributed by atoms with van der Waals surface area (Å²) in [6.07, 6.45) is 0. The van der Waals surface area contributed by atoms with E-state index in [0.717, 1.165) is 0 Å². The second-order valence-electron chi connectivity index (χ2n) is 4.00. The van der Waals surface area contributed by atoms with Crippen molar-refractivity contribution < 1.29 is 19.7 Å². The summed E-state index contributed by atoms with van der Waals surface area (Å²) < 4.78 is 5.07. The number of rotatable bonds is 3. The number of hydrogen-bond acceptors (Lipinski definition) is 4. The minimum Gasteiger partial charge on any atom is -0.508 e. The van der Waals surface area contributed by atoms with Gasteiger partial charge in [-0.1, -0.05) is 18.2 Å². The lowest BCUT2D eigenvalue weighted by atomic mass is 10.1. The molecule has 1 amide bonds. The molecule has 1 saturated heterocycles. The number of hydrogen-bond donors (Lipinski definition) is 2. The van der Waals surface area contributed by atoms with Gasteiger partial charge in [-0.2, -0.15) is 0 Å². The predicted octanol–water partition coefficient (Wildman–Crippen LogP) is 0.112. The first-order valence-electron chi connectivity index (χ1n) is 5.47. The third kappa shape index (κ3) is 2.57. The van der Waals surface area contributed by atoms with E-state index in [1.54, 1.807) is 29.2 Å². The number of aliphatic hydroxyl groups is 1. The van der Waals surface area contributed by atoms with Crippen molar-refractivity contribution in [1.82, 2.24) is 4.90 Å². The van der Waals surface area contributed by atoms with Gasteiger partial charge >= 0.3 is 0 Å². The molecular weight excluding hydrogens is 222 g/mol. The summed E-state index contributed by atoms with van der Waals surface area (Å²) >= 11 is 0. The van der Waals surface area contributed by atoms with Gasteiger partial charge in [-0.3, -0.25) is 4.79 Å². The molecule has 1 atom stereocenters. The highest BCUT2D eigenvalue weighted by atomic mass is 16.5. The van der Waals surface area contributed by atoms with E-state index in [-0.39, 0.29) is 30.9 Å². The summed E-state index contributed by atoms with van der Waals surface area (Å²) in [6.45, 7) is 0.513. The standard InChI is InChI=1S/C12H15NO4/c14-6-10-7-17-8-12(16)13(10)5-9-3-1-2-4-11(9)15/h1-4,10,14-15H,5-8H2. The van der Waals surface area contributed by atoms with Crippen LogP contribution in [0, 0.1) is 0 Å². The first-order valence-corrected chi connectivity index (χ1v) is 5.47. The molecule has 2 N–H and O–H groups in total. The zero-order chi connectivity index (χ0) is 12.3. The van der Waals surface area contributed by atoms with E-state index in [1.807, 2.05) is 0 Å². The maximum absolute atomic E-state index is 11.7. The van der Waals surface area contributed by atoms with E-state index in [4.69, 9.17) is 4.74 Å². The van der Waals surface area contributed by atoms with E-state index < -0.39 is 0 Å². The van der Waals surface area contributed by atoms with Gasteiger partial charge in [0.15, 0.2) is 0 Å². The zero-order valence-electron chi connectivity index (χ0n) is 9.37. The number of nitrogens with zero attached hydrogens (tertiary/aromatic N) is 1. The van der Waals surface area contributed by atoms with Crippen LogP contribution in [0.15, 0.2) is 24.3 Å². The largest absolute Gasteiger partial charge is 0.508 e. The topological polar surface area (TPSA) is 70.0 Å². The molecule has 0 spiro atoms. The fourth-order valence-corrected chi connectivity index (χ4v) is 1.86. The van der Waals surface area contributed by atoms with Crippen LogP contribution < -0.4 is 0 Å². The molecule has 1 fully saturated rings. The fourth-order valence-electron chi connectivity index (χ4n) is 1.86. The van der Waals surface area contributed by atoms with Crippen molar-refractivity contribution in [3.63, 3.8) is 0 Å². The molecule has 0 saturated carbocycles. The van der Waals surface area contributed by atoms with Gasteiger partial charge in [-0.15, -0.1) is 0 Å². The van der Waals surface area contributed by atoms with Crippen molar-refractivity contribution in [3.8, 4) is 5.75 Å². The number of ether oxygens (including phenoxy) is 1. The number of amides is 1. The number of aromatic hydroxyl groups is 1. The number of carbonyl (C=O) groups is 1. The number of phenolic OH excluding ortho intramolecular Hbond substituents is 1. The predicted molar refractivity (Wildman–Crippen MR) is 60.3 cm³/mol. The van der Waals surface area contributed by atoms with Crippen molar-refractivity contribution in [2.24, 2.45) is 0 Å². The lowest BCUT2D eigenvalue weighted by Gasteiger charge is -2.34. The van der Waals surface area contributed by atoms with Crippen LogP contribution in [-0.4, -0.2) is 46.9 Å². The minimum atomic E-state index is -0.337. The number of phenols is 1. The van der Waals surface area contributed by atoms with E-state index in [0.29, 0.717) is 18.7 Å². The lowest BCUT2D eigenvalue weighted by molar-refractivity contribution is -0.151. The van der Waals surface area contributed by atoms with Crippen molar-refractivity contribution in [3.05, 3.63) is 29.8 Å². The maximum Gasteiger partial charge on any atom is 0.249 e. The Kier molecular flexibility index (Phi) is 3.61. The summed E-state index contributed by atoms with van der Waals surface area (Å²) in [5, 5.41) is 18.8. The Bertz CT molecular complexity index is 407. The molecule has 1 aliphatic rings. The van der Waals surface area contributed by atoms with Crippen LogP contribution in [0.2, 0.25) is 0 Å². The summed E-state index contributed by atoms with van der Waals surface area (Å²) in [4.78, 5) is 13.2. The van der Waals surface area contributed by atoms with E-state index in [9.17, 15) is 15.0 Å². The van der Waals surface area contributed by atoms with Gasteiger partial charge in [0.1, 0.15) is 12.4 Å². The van der Waals surface area contributed by atoms with E-state index >= 15 is 0 Å². The number of aliphatic hydroxyl groups excluding tert-OH is 1.